The minimum absolute atomic E-state index is 0.296. The topological polar surface area (TPSA) is 66.5 Å². The number of hydrogen-bond donors (Lipinski definition) is 1. The van der Waals surface area contributed by atoms with E-state index in [2.05, 4.69) is 5.32 Å². The Morgan fingerprint density at radius 1 is 1.11 bits per heavy atom. The highest BCUT2D eigenvalue weighted by atomic mass is 32.2. The fourth-order valence-electron chi connectivity index (χ4n) is 3.39. The van der Waals surface area contributed by atoms with Crippen molar-refractivity contribution < 1.29 is 13.2 Å². The summed E-state index contributed by atoms with van der Waals surface area (Å²) in [5.74, 6) is -0.296. The number of rotatable bonds is 8. The largest absolute Gasteiger partial charge is 0.349 e. The third-order valence-electron chi connectivity index (χ3n) is 4.54. The van der Waals surface area contributed by atoms with Gasteiger partial charge in [-0.05, 0) is 56.9 Å². The van der Waals surface area contributed by atoms with E-state index >= 15 is 0 Å². The third-order valence-corrected chi connectivity index (χ3v) is 5.72. The molecule has 0 saturated carbocycles. The lowest BCUT2D eigenvalue weighted by Crippen LogP contribution is -2.55. The molecule has 2 aromatic carbocycles. The molecule has 0 saturated heterocycles. The van der Waals surface area contributed by atoms with Crippen molar-refractivity contribution in [3.05, 3.63) is 65.7 Å². The number of sulfonamides is 1. The van der Waals surface area contributed by atoms with Crippen LogP contribution in [0.25, 0.3) is 0 Å². The lowest BCUT2D eigenvalue weighted by molar-refractivity contribution is -0.123. The van der Waals surface area contributed by atoms with Gasteiger partial charge in [-0.15, -0.1) is 0 Å². The summed E-state index contributed by atoms with van der Waals surface area (Å²) in [5.41, 5.74) is 2.04. The number of hydrogen-bond acceptors (Lipinski definition) is 3. The minimum atomic E-state index is -3.63. The molecule has 0 aromatic heterocycles. The van der Waals surface area contributed by atoms with Gasteiger partial charge in [0.1, 0.15) is 6.04 Å². The average molecular weight is 403 g/mol. The molecule has 0 radical (unpaired) electrons. The zero-order valence-corrected chi connectivity index (χ0v) is 18.1. The fourth-order valence-corrected chi connectivity index (χ4v) is 4.60. The third kappa shape index (κ3) is 5.83. The summed E-state index contributed by atoms with van der Waals surface area (Å²) in [5, 5.41) is 3.05. The second kappa shape index (κ2) is 8.78. The summed E-state index contributed by atoms with van der Waals surface area (Å²) in [6, 6.07) is 16.3. The minimum Gasteiger partial charge on any atom is -0.349 e. The molecule has 2 aromatic rings. The normalized spacial score (nSPS) is 13.0. The van der Waals surface area contributed by atoms with Crippen LogP contribution in [0.5, 0.6) is 0 Å². The van der Waals surface area contributed by atoms with E-state index in [1.165, 1.54) is 4.31 Å². The average Bonchev–Trinajstić information content (AvgIpc) is 2.58. The van der Waals surface area contributed by atoms with Crippen LogP contribution >= 0.6 is 0 Å². The molecule has 1 amide bonds. The molecular formula is C22H30N2O3S. The Morgan fingerprint density at radius 2 is 1.75 bits per heavy atom. The first-order valence-corrected chi connectivity index (χ1v) is 11.3. The number of carbonyl (C=O) groups is 1. The summed E-state index contributed by atoms with van der Waals surface area (Å²) in [6.45, 7) is 7.61. The van der Waals surface area contributed by atoms with E-state index in [1.54, 1.807) is 18.2 Å². The Hall–Kier alpha value is -2.34. The van der Waals surface area contributed by atoms with Crippen molar-refractivity contribution in [2.45, 2.75) is 52.1 Å². The van der Waals surface area contributed by atoms with Crippen molar-refractivity contribution in [3.8, 4) is 0 Å². The smallest absolute Gasteiger partial charge is 0.244 e. The van der Waals surface area contributed by atoms with Crippen molar-refractivity contribution in [1.29, 1.82) is 0 Å². The number of benzene rings is 2. The second-order valence-corrected chi connectivity index (χ2v) is 9.72. The maximum absolute atomic E-state index is 13.1. The van der Waals surface area contributed by atoms with Crippen molar-refractivity contribution >= 4 is 21.6 Å². The second-order valence-electron chi connectivity index (χ2n) is 7.86. The van der Waals surface area contributed by atoms with Crippen molar-refractivity contribution in [2.24, 2.45) is 0 Å². The van der Waals surface area contributed by atoms with Crippen LogP contribution in [0, 0.1) is 6.92 Å². The molecule has 2 rings (SSSR count). The molecule has 0 bridgehead atoms. The van der Waals surface area contributed by atoms with E-state index in [1.807, 2.05) is 64.1 Å². The molecule has 152 valence electrons. The molecule has 6 heteroatoms. The summed E-state index contributed by atoms with van der Waals surface area (Å²) < 4.78 is 26.3. The van der Waals surface area contributed by atoms with Crippen LogP contribution in [0.1, 0.15) is 38.3 Å². The maximum Gasteiger partial charge on any atom is 0.244 e. The molecule has 28 heavy (non-hydrogen) atoms. The predicted octanol–water partition coefficient (Wildman–Crippen LogP) is 3.68. The van der Waals surface area contributed by atoms with Crippen LogP contribution in [0.15, 0.2) is 54.6 Å². The van der Waals surface area contributed by atoms with Gasteiger partial charge in [0.15, 0.2) is 0 Å². The van der Waals surface area contributed by atoms with Gasteiger partial charge in [-0.25, -0.2) is 8.42 Å². The first-order chi connectivity index (χ1) is 13.0. The highest BCUT2D eigenvalue weighted by molar-refractivity contribution is 7.92. The van der Waals surface area contributed by atoms with Crippen molar-refractivity contribution in [2.75, 3.05) is 10.6 Å². The van der Waals surface area contributed by atoms with E-state index in [4.69, 9.17) is 0 Å². The quantitative estimate of drug-likeness (QED) is 0.732. The predicted molar refractivity (Wildman–Crippen MR) is 115 cm³/mol. The lowest BCUT2D eigenvalue weighted by Gasteiger charge is -2.34. The maximum atomic E-state index is 13.1. The Bertz CT molecular complexity index is 908. The summed E-state index contributed by atoms with van der Waals surface area (Å²) in [4.78, 5) is 13.1. The Morgan fingerprint density at radius 3 is 2.29 bits per heavy atom. The van der Waals surface area contributed by atoms with Gasteiger partial charge in [0.05, 0.1) is 11.9 Å². The van der Waals surface area contributed by atoms with Gasteiger partial charge in [-0.3, -0.25) is 9.10 Å². The molecule has 5 nitrogen and oxygen atoms in total. The van der Waals surface area contributed by atoms with Gasteiger partial charge < -0.3 is 5.32 Å². The summed E-state index contributed by atoms with van der Waals surface area (Å²) >= 11 is 0. The first kappa shape index (κ1) is 22.0. The molecule has 0 unspecified atom stereocenters. The monoisotopic (exact) mass is 402 g/mol. The van der Waals surface area contributed by atoms with Crippen LogP contribution in [-0.4, -0.2) is 32.2 Å². The zero-order chi connectivity index (χ0) is 20.9. The highest BCUT2D eigenvalue weighted by Gasteiger charge is 2.34. The summed E-state index contributed by atoms with van der Waals surface area (Å²) in [7, 11) is -3.63. The van der Waals surface area contributed by atoms with Crippen molar-refractivity contribution in [3.63, 3.8) is 0 Å². The van der Waals surface area contributed by atoms with E-state index in [0.717, 1.165) is 17.4 Å². The molecule has 0 aliphatic heterocycles. The summed E-state index contributed by atoms with van der Waals surface area (Å²) in [6.07, 6.45) is 2.16. The molecule has 0 spiro atoms. The number of amides is 1. The number of aryl methyl sites for hydroxylation is 1. The molecule has 0 aliphatic rings. The van der Waals surface area contributed by atoms with E-state index in [0.29, 0.717) is 18.5 Å². The lowest BCUT2D eigenvalue weighted by atomic mass is 9.94. The van der Waals surface area contributed by atoms with Crippen LogP contribution in [0.3, 0.4) is 0 Å². The Labute approximate surface area is 168 Å². The molecule has 0 fully saturated rings. The number of anilines is 1. The van der Waals surface area contributed by atoms with Gasteiger partial charge in [-0.1, -0.05) is 49.4 Å². The number of carbonyl (C=O) groups excluding carboxylic acids is 1. The van der Waals surface area contributed by atoms with Gasteiger partial charge in [-0.2, -0.15) is 0 Å². The number of nitrogens with one attached hydrogen (secondary N) is 1. The Kier molecular flexibility index (Phi) is 6.88. The van der Waals surface area contributed by atoms with Crippen LogP contribution in [0.2, 0.25) is 0 Å². The molecule has 0 heterocycles. The standard InChI is InChI=1S/C22H30N2O3S/c1-6-20(24(28(5,26)27)19-14-10-11-17(2)15-19)21(25)23-22(3,4)16-18-12-8-7-9-13-18/h7-15,20H,6,16H2,1-5H3,(H,23,25)/t20-/m0/s1. The van der Waals surface area contributed by atoms with Gasteiger partial charge >= 0.3 is 0 Å². The number of nitrogens with zero attached hydrogens (tertiary/aromatic N) is 1. The van der Waals surface area contributed by atoms with Crippen molar-refractivity contribution in [1.82, 2.24) is 5.32 Å². The fraction of sp³-hybridized carbons (Fsp3) is 0.409. The zero-order valence-electron chi connectivity index (χ0n) is 17.3. The first-order valence-electron chi connectivity index (χ1n) is 9.45. The highest BCUT2D eigenvalue weighted by Crippen LogP contribution is 2.24. The van der Waals surface area contributed by atoms with Crippen LogP contribution < -0.4 is 9.62 Å². The van der Waals surface area contributed by atoms with Gasteiger partial charge in [0.25, 0.3) is 0 Å². The van der Waals surface area contributed by atoms with Crippen LogP contribution in [0.4, 0.5) is 5.69 Å². The van der Waals surface area contributed by atoms with Gasteiger partial charge in [0.2, 0.25) is 15.9 Å². The SMILES string of the molecule is CC[C@@H](C(=O)NC(C)(C)Cc1ccccc1)N(c1cccc(C)c1)S(C)(=O)=O. The Balaban J connectivity index is 2.28. The molecular weight excluding hydrogens is 372 g/mol. The van der Waals surface area contributed by atoms with E-state index < -0.39 is 21.6 Å². The molecule has 1 atom stereocenters. The van der Waals surface area contributed by atoms with Gasteiger partial charge in [0, 0.05) is 5.54 Å². The van der Waals surface area contributed by atoms with E-state index in [-0.39, 0.29) is 5.91 Å². The molecule has 0 aliphatic carbocycles. The van der Waals surface area contributed by atoms with E-state index in [9.17, 15) is 13.2 Å². The molecule has 1 N–H and O–H groups in total. The van der Waals surface area contributed by atoms with Crippen LogP contribution in [-0.2, 0) is 21.2 Å².